The Morgan fingerprint density at radius 2 is 2.00 bits per heavy atom. The van der Waals surface area contributed by atoms with Gasteiger partial charge < -0.3 is 5.32 Å². The highest BCUT2D eigenvalue weighted by molar-refractivity contribution is 5.45. The SMILES string of the molecule is c1ccc(CCNc2cncc3nncn23)cc1. The normalized spacial score (nSPS) is 10.7. The first kappa shape index (κ1) is 10.7. The van der Waals surface area contributed by atoms with E-state index >= 15 is 0 Å². The molecule has 0 aliphatic carbocycles. The highest BCUT2D eigenvalue weighted by atomic mass is 15.3. The summed E-state index contributed by atoms with van der Waals surface area (Å²) < 4.78 is 1.89. The van der Waals surface area contributed by atoms with Gasteiger partial charge in [0.25, 0.3) is 0 Å². The average Bonchev–Trinajstić information content (AvgIpc) is 2.89. The summed E-state index contributed by atoms with van der Waals surface area (Å²) in [5.41, 5.74) is 2.06. The molecule has 0 saturated heterocycles. The molecule has 0 spiro atoms. The van der Waals surface area contributed by atoms with Gasteiger partial charge in [-0.3, -0.25) is 9.38 Å². The van der Waals surface area contributed by atoms with Crippen molar-refractivity contribution in [1.29, 1.82) is 0 Å². The van der Waals surface area contributed by atoms with Gasteiger partial charge in [0.2, 0.25) is 0 Å². The van der Waals surface area contributed by atoms with Crippen LogP contribution in [0.4, 0.5) is 5.82 Å². The summed E-state index contributed by atoms with van der Waals surface area (Å²) in [6.07, 6.45) is 6.12. The maximum Gasteiger partial charge on any atom is 0.180 e. The van der Waals surface area contributed by atoms with Crippen LogP contribution in [-0.2, 0) is 6.42 Å². The Balaban J connectivity index is 1.68. The third-order valence-corrected chi connectivity index (χ3v) is 2.78. The lowest BCUT2D eigenvalue weighted by atomic mass is 10.1. The highest BCUT2D eigenvalue weighted by Crippen LogP contribution is 2.08. The molecular weight excluding hydrogens is 226 g/mol. The Bertz CT molecular complexity index is 632. The van der Waals surface area contributed by atoms with Crippen LogP contribution in [0.1, 0.15) is 5.56 Å². The minimum absolute atomic E-state index is 0.750. The van der Waals surface area contributed by atoms with E-state index in [0.717, 1.165) is 24.4 Å². The largest absolute Gasteiger partial charge is 0.369 e. The molecule has 0 radical (unpaired) electrons. The second kappa shape index (κ2) is 4.83. The van der Waals surface area contributed by atoms with E-state index in [2.05, 4.69) is 44.8 Å². The van der Waals surface area contributed by atoms with Crippen LogP contribution < -0.4 is 5.32 Å². The first-order valence-electron chi connectivity index (χ1n) is 5.85. The molecule has 5 heteroatoms. The third kappa shape index (κ3) is 2.15. The third-order valence-electron chi connectivity index (χ3n) is 2.78. The van der Waals surface area contributed by atoms with E-state index in [1.165, 1.54) is 5.56 Å². The van der Waals surface area contributed by atoms with Crippen molar-refractivity contribution in [3.63, 3.8) is 0 Å². The van der Waals surface area contributed by atoms with Crippen LogP contribution in [0.15, 0.2) is 49.1 Å². The lowest BCUT2D eigenvalue weighted by Crippen LogP contribution is -2.08. The van der Waals surface area contributed by atoms with Gasteiger partial charge in [-0.2, -0.15) is 0 Å². The summed E-state index contributed by atoms with van der Waals surface area (Å²) in [5.74, 6) is 0.911. The molecular formula is C13H13N5. The summed E-state index contributed by atoms with van der Waals surface area (Å²) in [5, 5.41) is 11.2. The molecule has 3 aromatic rings. The van der Waals surface area contributed by atoms with E-state index in [4.69, 9.17) is 0 Å². The molecule has 0 saturated carbocycles. The molecule has 0 fully saturated rings. The monoisotopic (exact) mass is 239 g/mol. The number of rotatable bonds is 4. The fourth-order valence-electron chi connectivity index (χ4n) is 1.86. The van der Waals surface area contributed by atoms with Gasteiger partial charge in [-0.05, 0) is 12.0 Å². The van der Waals surface area contributed by atoms with Gasteiger partial charge in [0.15, 0.2) is 5.65 Å². The summed E-state index contributed by atoms with van der Waals surface area (Å²) in [6, 6.07) is 10.4. The lowest BCUT2D eigenvalue weighted by Gasteiger charge is -2.07. The number of fused-ring (bicyclic) bond motifs is 1. The molecule has 90 valence electrons. The molecule has 0 amide bonds. The molecule has 18 heavy (non-hydrogen) atoms. The molecule has 0 unspecified atom stereocenters. The standard InChI is InChI=1S/C13H13N5/c1-2-4-11(5-3-1)6-7-15-12-8-14-9-13-17-16-10-18(12)13/h1-5,8-10,15H,6-7H2. The van der Waals surface area contributed by atoms with Crippen molar-refractivity contribution in [2.24, 2.45) is 0 Å². The molecule has 0 aliphatic heterocycles. The van der Waals surface area contributed by atoms with Gasteiger partial charge in [0.05, 0.1) is 12.4 Å². The van der Waals surface area contributed by atoms with Gasteiger partial charge in [-0.15, -0.1) is 10.2 Å². The van der Waals surface area contributed by atoms with Crippen molar-refractivity contribution in [2.45, 2.75) is 6.42 Å². The maximum atomic E-state index is 4.12. The summed E-state index contributed by atoms with van der Waals surface area (Å²) in [7, 11) is 0. The number of hydrogen-bond donors (Lipinski definition) is 1. The Hall–Kier alpha value is -2.43. The molecule has 1 N–H and O–H groups in total. The molecule has 3 rings (SSSR count). The molecule has 0 aliphatic rings. The molecule has 1 aromatic carbocycles. The first-order valence-corrected chi connectivity index (χ1v) is 5.85. The Labute approximate surface area is 105 Å². The number of aromatic nitrogens is 4. The van der Waals surface area contributed by atoms with Crippen LogP contribution >= 0.6 is 0 Å². The second-order valence-electron chi connectivity index (χ2n) is 4.01. The fraction of sp³-hybridized carbons (Fsp3) is 0.154. The van der Waals surface area contributed by atoms with Gasteiger partial charge in [0, 0.05) is 6.54 Å². The van der Waals surface area contributed by atoms with Gasteiger partial charge in [0.1, 0.15) is 12.1 Å². The van der Waals surface area contributed by atoms with Crippen molar-refractivity contribution >= 4 is 11.5 Å². The van der Waals surface area contributed by atoms with Crippen LogP contribution in [0.25, 0.3) is 5.65 Å². The Morgan fingerprint density at radius 3 is 2.89 bits per heavy atom. The van der Waals surface area contributed by atoms with Gasteiger partial charge in [-0.1, -0.05) is 30.3 Å². The smallest absolute Gasteiger partial charge is 0.180 e. The maximum absolute atomic E-state index is 4.12. The van der Waals surface area contributed by atoms with Gasteiger partial charge in [-0.25, -0.2) is 0 Å². The molecule has 2 aromatic heterocycles. The highest BCUT2D eigenvalue weighted by Gasteiger charge is 2.01. The summed E-state index contributed by atoms with van der Waals surface area (Å²) >= 11 is 0. The number of nitrogens with zero attached hydrogens (tertiary/aromatic N) is 4. The lowest BCUT2D eigenvalue weighted by molar-refractivity contribution is 0.984. The van der Waals surface area contributed by atoms with Crippen molar-refractivity contribution < 1.29 is 0 Å². The molecule has 0 atom stereocenters. The zero-order valence-corrected chi connectivity index (χ0v) is 9.82. The van der Waals surface area contributed by atoms with Crippen LogP contribution in [0.2, 0.25) is 0 Å². The average molecular weight is 239 g/mol. The van der Waals surface area contributed by atoms with Crippen LogP contribution in [0, 0.1) is 0 Å². The van der Waals surface area contributed by atoms with E-state index in [0.29, 0.717) is 0 Å². The molecule has 2 heterocycles. The second-order valence-corrected chi connectivity index (χ2v) is 4.01. The van der Waals surface area contributed by atoms with Crippen LogP contribution in [0.5, 0.6) is 0 Å². The Morgan fingerprint density at radius 1 is 1.11 bits per heavy atom. The number of anilines is 1. The van der Waals surface area contributed by atoms with Crippen molar-refractivity contribution in [3.8, 4) is 0 Å². The van der Waals surface area contributed by atoms with Crippen molar-refractivity contribution in [2.75, 3.05) is 11.9 Å². The van der Waals surface area contributed by atoms with Crippen LogP contribution in [-0.4, -0.2) is 26.1 Å². The zero-order chi connectivity index (χ0) is 12.2. The van der Waals surface area contributed by atoms with Crippen molar-refractivity contribution in [1.82, 2.24) is 19.6 Å². The van der Waals surface area contributed by atoms with E-state index < -0.39 is 0 Å². The van der Waals surface area contributed by atoms with E-state index in [-0.39, 0.29) is 0 Å². The van der Waals surface area contributed by atoms with Crippen molar-refractivity contribution in [3.05, 3.63) is 54.6 Å². The number of nitrogens with one attached hydrogen (secondary N) is 1. The van der Waals surface area contributed by atoms with E-state index in [9.17, 15) is 0 Å². The predicted octanol–water partition coefficient (Wildman–Crippen LogP) is 1.78. The first-order chi connectivity index (χ1) is 8.93. The quantitative estimate of drug-likeness (QED) is 0.754. The molecule has 0 bridgehead atoms. The minimum Gasteiger partial charge on any atom is -0.369 e. The summed E-state index contributed by atoms with van der Waals surface area (Å²) in [4.78, 5) is 4.12. The molecule has 5 nitrogen and oxygen atoms in total. The number of hydrogen-bond acceptors (Lipinski definition) is 4. The zero-order valence-electron chi connectivity index (χ0n) is 9.82. The Kier molecular flexibility index (Phi) is 2.87. The number of benzene rings is 1. The fourth-order valence-corrected chi connectivity index (χ4v) is 1.86. The van der Waals surface area contributed by atoms with E-state index in [1.54, 1.807) is 18.7 Å². The minimum atomic E-state index is 0.750. The predicted molar refractivity (Wildman–Crippen MR) is 69.4 cm³/mol. The summed E-state index contributed by atoms with van der Waals surface area (Å²) in [6.45, 7) is 0.850. The van der Waals surface area contributed by atoms with E-state index in [1.807, 2.05) is 10.5 Å². The van der Waals surface area contributed by atoms with Gasteiger partial charge >= 0.3 is 0 Å². The topological polar surface area (TPSA) is 55.1 Å². The van der Waals surface area contributed by atoms with Crippen LogP contribution in [0.3, 0.4) is 0 Å².